The Morgan fingerprint density at radius 2 is 2.05 bits per heavy atom. The van der Waals surface area contributed by atoms with E-state index in [-0.39, 0.29) is 5.15 Å². The molecule has 20 heavy (non-hydrogen) atoms. The van der Waals surface area contributed by atoms with Crippen molar-refractivity contribution in [3.63, 3.8) is 0 Å². The van der Waals surface area contributed by atoms with Gasteiger partial charge in [-0.1, -0.05) is 46.8 Å². The molecule has 4 nitrogen and oxygen atoms in total. The van der Waals surface area contributed by atoms with Gasteiger partial charge >= 0.3 is 5.97 Å². The van der Waals surface area contributed by atoms with Gasteiger partial charge in [0, 0.05) is 12.0 Å². The molecule has 0 spiro atoms. The number of nitrogens with zero attached hydrogens (tertiary/aromatic N) is 1. The number of hydrogen-bond donors (Lipinski definition) is 0. The third-order valence-corrected chi connectivity index (χ3v) is 4.87. The van der Waals surface area contributed by atoms with E-state index in [1.165, 1.54) is 30.2 Å². The molecule has 0 aliphatic rings. The van der Waals surface area contributed by atoms with E-state index in [9.17, 15) is 4.79 Å². The third kappa shape index (κ3) is 3.73. The Morgan fingerprint density at radius 3 is 2.65 bits per heavy atom. The van der Waals surface area contributed by atoms with Gasteiger partial charge < -0.3 is 9.47 Å². The van der Waals surface area contributed by atoms with E-state index in [1.807, 2.05) is 24.3 Å². The minimum atomic E-state index is -0.463. The first-order chi connectivity index (χ1) is 9.63. The van der Waals surface area contributed by atoms with Crippen LogP contribution in [0.5, 0.6) is 0 Å². The quantitative estimate of drug-likeness (QED) is 0.779. The van der Waals surface area contributed by atoms with Crippen LogP contribution >= 0.6 is 34.7 Å². The molecule has 1 aromatic carbocycles. The second-order valence-corrected chi connectivity index (χ2v) is 6.45. The SMILES string of the molecule is COCc1ccc(Sc2nc(Cl)c(C(=O)OC)s2)cc1. The molecule has 7 heteroatoms. The summed E-state index contributed by atoms with van der Waals surface area (Å²) in [6.07, 6.45) is 0. The fraction of sp³-hybridized carbons (Fsp3) is 0.231. The topological polar surface area (TPSA) is 48.4 Å². The zero-order valence-corrected chi connectivity index (χ0v) is 13.3. The number of benzene rings is 1. The van der Waals surface area contributed by atoms with Crippen LogP contribution in [0.15, 0.2) is 33.5 Å². The predicted molar refractivity (Wildman–Crippen MR) is 79.7 cm³/mol. The van der Waals surface area contributed by atoms with Gasteiger partial charge in [0.25, 0.3) is 0 Å². The molecule has 2 rings (SSSR count). The largest absolute Gasteiger partial charge is 0.465 e. The van der Waals surface area contributed by atoms with Crippen LogP contribution in [0.1, 0.15) is 15.2 Å². The van der Waals surface area contributed by atoms with Gasteiger partial charge in [0.05, 0.1) is 13.7 Å². The van der Waals surface area contributed by atoms with Crippen LogP contribution in [-0.2, 0) is 16.1 Å². The van der Waals surface area contributed by atoms with Crippen molar-refractivity contribution in [3.05, 3.63) is 39.9 Å². The molecule has 0 saturated heterocycles. The lowest BCUT2D eigenvalue weighted by Gasteiger charge is -2.01. The van der Waals surface area contributed by atoms with Crippen LogP contribution < -0.4 is 0 Å². The van der Waals surface area contributed by atoms with Gasteiger partial charge in [0.15, 0.2) is 14.4 Å². The van der Waals surface area contributed by atoms with Crippen molar-refractivity contribution < 1.29 is 14.3 Å². The van der Waals surface area contributed by atoms with Crippen LogP contribution in [-0.4, -0.2) is 25.2 Å². The number of halogens is 1. The van der Waals surface area contributed by atoms with Gasteiger partial charge in [-0.05, 0) is 17.7 Å². The molecule has 0 bridgehead atoms. The lowest BCUT2D eigenvalue weighted by Crippen LogP contribution is -1.98. The number of esters is 1. The molecule has 0 aliphatic heterocycles. The predicted octanol–water partition coefficient (Wildman–Crippen LogP) is 3.88. The minimum absolute atomic E-state index is 0.181. The van der Waals surface area contributed by atoms with Crippen LogP contribution in [0.4, 0.5) is 0 Å². The molecule has 1 heterocycles. The third-order valence-electron chi connectivity index (χ3n) is 2.38. The van der Waals surface area contributed by atoms with Crippen LogP contribution in [0.2, 0.25) is 5.15 Å². The van der Waals surface area contributed by atoms with Crippen molar-refractivity contribution in [2.45, 2.75) is 15.8 Å². The van der Waals surface area contributed by atoms with E-state index in [2.05, 4.69) is 9.72 Å². The zero-order chi connectivity index (χ0) is 14.5. The molecule has 0 fully saturated rings. The standard InChI is InChI=1S/C13H12ClNO3S2/c1-17-7-8-3-5-9(6-4-8)19-13-15-11(14)10(20-13)12(16)18-2/h3-6H,7H2,1-2H3. The number of methoxy groups -OCH3 is 2. The molecule has 2 aromatic rings. The van der Waals surface area contributed by atoms with E-state index < -0.39 is 5.97 Å². The lowest BCUT2D eigenvalue weighted by molar-refractivity contribution is 0.0606. The van der Waals surface area contributed by atoms with Crippen LogP contribution in [0.25, 0.3) is 0 Å². The molecule has 0 saturated carbocycles. The summed E-state index contributed by atoms with van der Waals surface area (Å²) in [4.78, 5) is 17.0. The van der Waals surface area contributed by atoms with Crippen LogP contribution in [0.3, 0.4) is 0 Å². The summed E-state index contributed by atoms with van der Waals surface area (Å²) < 4.78 is 10.4. The number of carbonyl (C=O) groups excluding carboxylic acids is 1. The summed E-state index contributed by atoms with van der Waals surface area (Å²) >= 11 is 8.59. The number of aromatic nitrogens is 1. The Hall–Kier alpha value is -1.08. The second-order valence-electron chi connectivity index (χ2n) is 3.77. The smallest absolute Gasteiger partial charge is 0.351 e. The fourth-order valence-corrected chi connectivity index (χ4v) is 3.77. The Kier molecular flexibility index (Phi) is 5.42. The highest BCUT2D eigenvalue weighted by atomic mass is 35.5. The molecular formula is C13H12ClNO3S2. The molecule has 1 aromatic heterocycles. The van der Waals surface area contributed by atoms with E-state index in [4.69, 9.17) is 16.3 Å². The van der Waals surface area contributed by atoms with Gasteiger partial charge in [0.2, 0.25) is 0 Å². The average Bonchev–Trinajstić information content (AvgIpc) is 2.81. The summed E-state index contributed by atoms with van der Waals surface area (Å²) in [5.74, 6) is -0.463. The molecule has 0 radical (unpaired) electrons. The first-order valence-electron chi connectivity index (χ1n) is 5.64. The average molecular weight is 330 g/mol. The maximum atomic E-state index is 11.5. The van der Waals surface area contributed by atoms with E-state index in [0.29, 0.717) is 15.8 Å². The monoisotopic (exact) mass is 329 g/mol. The Labute approximate surface area is 130 Å². The van der Waals surface area contributed by atoms with Gasteiger partial charge in [0.1, 0.15) is 0 Å². The maximum Gasteiger partial charge on any atom is 0.351 e. The highest BCUT2D eigenvalue weighted by Gasteiger charge is 2.17. The molecule has 0 unspecified atom stereocenters. The Morgan fingerprint density at radius 1 is 1.35 bits per heavy atom. The summed E-state index contributed by atoms with van der Waals surface area (Å²) in [7, 11) is 2.98. The first kappa shape index (κ1) is 15.3. The molecule has 0 aliphatic carbocycles. The van der Waals surface area contributed by atoms with Crippen molar-refractivity contribution in [2.75, 3.05) is 14.2 Å². The van der Waals surface area contributed by atoms with Crippen molar-refractivity contribution in [3.8, 4) is 0 Å². The van der Waals surface area contributed by atoms with Crippen molar-refractivity contribution in [1.29, 1.82) is 0 Å². The van der Waals surface area contributed by atoms with Gasteiger partial charge in [-0.15, -0.1) is 0 Å². The van der Waals surface area contributed by atoms with E-state index in [0.717, 1.165) is 10.5 Å². The summed E-state index contributed by atoms with van der Waals surface area (Å²) in [5, 5.41) is 0.181. The number of rotatable bonds is 5. The molecule has 106 valence electrons. The second kappa shape index (κ2) is 7.08. The molecular weight excluding hydrogens is 318 g/mol. The lowest BCUT2D eigenvalue weighted by atomic mass is 10.2. The maximum absolute atomic E-state index is 11.5. The van der Waals surface area contributed by atoms with Crippen molar-refractivity contribution in [2.24, 2.45) is 0 Å². The van der Waals surface area contributed by atoms with Gasteiger partial charge in [-0.3, -0.25) is 0 Å². The Balaban J connectivity index is 2.11. The van der Waals surface area contributed by atoms with E-state index in [1.54, 1.807) is 7.11 Å². The number of carbonyl (C=O) groups is 1. The summed E-state index contributed by atoms with van der Waals surface area (Å²) in [5.41, 5.74) is 1.10. The fourth-order valence-electron chi connectivity index (χ4n) is 1.47. The molecule has 0 amide bonds. The van der Waals surface area contributed by atoms with Gasteiger partial charge in [-0.2, -0.15) is 0 Å². The minimum Gasteiger partial charge on any atom is -0.465 e. The van der Waals surface area contributed by atoms with Crippen molar-refractivity contribution >= 4 is 40.7 Å². The number of thiazole rings is 1. The highest BCUT2D eigenvalue weighted by molar-refractivity contribution is 8.01. The van der Waals surface area contributed by atoms with Crippen molar-refractivity contribution in [1.82, 2.24) is 4.98 Å². The molecule has 0 atom stereocenters. The summed E-state index contributed by atoms with van der Waals surface area (Å²) in [6, 6.07) is 7.93. The normalized spacial score (nSPS) is 10.6. The number of ether oxygens (including phenoxy) is 2. The Bertz CT molecular complexity index is 598. The van der Waals surface area contributed by atoms with Gasteiger partial charge in [-0.25, -0.2) is 9.78 Å². The number of hydrogen-bond acceptors (Lipinski definition) is 6. The zero-order valence-electron chi connectivity index (χ0n) is 10.9. The first-order valence-corrected chi connectivity index (χ1v) is 7.65. The van der Waals surface area contributed by atoms with Crippen LogP contribution in [0, 0.1) is 0 Å². The molecule has 0 N–H and O–H groups in total. The summed E-state index contributed by atoms with van der Waals surface area (Å²) in [6.45, 7) is 0.584. The van der Waals surface area contributed by atoms with E-state index >= 15 is 0 Å². The highest BCUT2D eigenvalue weighted by Crippen LogP contribution is 2.35.